The number of furan rings is 1. The Labute approximate surface area is 158 Å². The lowest BCUT2D eigenvalue weighted by Gasteiger charge is -2.32. The first-order valence-corrected chi connectivity index (χ1v) is 8.70. The van der Waals surface area contributed by atoms with Crippen molar-refractivity contribution in [3.63, 3.8) is 0 Å². The van der Waals surface area contributed by atoms with Gasteiger partial charge in [0.2, 0.25) is 0 Å². The number of halogens is 3. The van der Waals surface area contributed by atoms with Gasteiger partial charge in [-0.25, -0.2) is 4.68 Å². The van der Waals surface area contributed by atoms with Crippen LogP contribution in [0.3, 0.4) is 0 Å². The molecule has 28 heavy (non-hydrogen) atoms. The zero-order valence-corrected chi connectivity index (χ0v) is 14.6. The Hall–Kier alpha value is -3.23. The molecular formula is C19H17F3N4O2. The van der Waals surface area contributed by atoms with E-state index in [0.29, 0.717) is 5.76 Å². The van der Waals surface area contributed by atoms with Crippen LogP contribution in [0.15, 0.2) is 59.3 Å². The lowest BCUT2D eigenvalue weighted by molar-refractivity contribution is -0.174. The van der Waals surface area contributed by atoms with E-state index in [1.807, 2.05) is 30.3 Å². The molecule has 0 spiro atoms. The van der Waals surface area contributed by atoms with Crippen molar-refractivity contribution in [1.29, 1.82) is 0 Å². The predicted octanol–water partition coefficient (Wildman–Crippen LogP) is 4.07. The minimum Gasteiger partial charge on any atom is -0.467 e. The molecule has 0 fully saturated rings. The summed E-state index contributed by atoms with van der Waals surface area (Å²) in [4.78, 5) is 12.6. The van der Waals surface area contributed by atoms with Crippen LogP contribution in [-0.2, 0) is 6.54 Å². The number of carbonyl (C=O) groups is 1. The van der Waals surface area contributed by atoms with Crippen LogP contribution in [0.25, 0.3) is 0 Å². The lowest BCUT2D eigenvalue weighted by Crippen LogP contribution is -2.36. The third-order valence-corrected chi connectivity index (χ3v) is 4.67. The van der Waals surface area contributed by atoms with Crippen LogP contribution in [0.1, 0.15) is 40.2 Å². The Morgan fingerprint density at radius 2 is 2.04 bits per heavy atom. The van der Waals surface area contributed by atoms with E-state index < -0.39 is 24.2 Å². The molecule has 6 nitrogen and oxygen atoms in total. The number of nitrogens with one attached hydrogen (secondary N) is 2. The Morgan fingerprint density at radius 3 is 2.71 bits per heavy atom. The van der Waals surface area contributed by atoms with Crippen LogP contribution in [0, 0.1) is 0 Å². The summed E-state index contributed by atoms with van der Waals surface area (Å²) in [5, 5.41) is 9.53. The third-order valence-electron chi connectivity index (χ3n) is 4.67. The average Bonchev–Trinajstić information content (AvgIpc) is 3.35. The number of anilines is 1. The molecule has 0 saturated carbocycles. The number of carbonyl (C=O) groups excluding carboxylic acids is 1. The SMILES string of the molecule is O=C(NCc1ccccc1)c1cnn2c1N[C@@H](c1ccco1)C[C@H]2C(F)(F)F. The molecule has 3 aromatic rings. The van der Waals surface area contributed by atoms with Crippen molar-refractivity contribution < 1.29 is 22.4 Å². The minimum absolute atomic E-state index is 0.0283. The van der Waals surface area contributed by atoms with Crippen molar-refractivity contribution in [2.45, 2.75) is 31.2 Å². The zero-order valence-electron chi connectivity index (χ0n) is 14.6. The molecule has 1 aromatic carbocycles. The van der Waals surface area contributed by atoms with Crippen LogP contribution in [-0.4, -0.2) is 21.9 Å². The second-order valence-electron chi connectivity index (χ2n) is 6.53. The summed E-state index contributed by atoms with van der Waals surface area (Å²) in [6.07, 6.45) is -2.23. The standard InChI is InChI=1S/C19H17F3N4O2/c20-19(21,22)16-9-14(15-7-4-8-28-15)25-17-13(11-24-26(16)17)18(27)23-10-12-5-2-1-3-6-12/h1-8,11,14,16,25H,9-10H2,(H,23,27)/t14-,16+/m1/s1. The van der Waals surface area contributed by atoms with Crippen LogP contribution in [0.5, 0.6) is 0 Å². The second kappa shape index (κ2) is 7.06. The number of nitrogens with zero attached hydrogens (tertiary/aromatic N) is 2. The highest BCUT2D eigenvalue weighted by atomic mass is 19.4. The Morgan fingerprint density at radius 1 is 1.25 bits per heavy atom. The van der Waals surface area contributed by atoms with Crippen molar-refractivity contribution in [2.75, 3.05) is 5.32 Å². The van der Waals surface area contributed by atoms with Crippen LogP contribution < -0.4 is 10.6 Å². The fourth-order valence-corrected chi connectivity index (χ4v) is 3.28. The molecule has 1 aliphatic rings. The van der Waals surface area contributed by atoms with E-state index >= 15 is 0 Å². The second-order valence-corrected chi connectivity index (χ2v) is 6.53. The van der Waals surface area contributed by atoms with E-state index in [1.165, 1.54) is 6.26 Å². The fourth-order valence-electron chi connectivity index (χ4n) is 3.28. The van der Waals surface area contributed by atoms with E-state index in [4.69, 9.17) is 4.42 Å². The number of hydrogen-bond acceptors (Lipinski definition) is 4. The van der Waals surface area contributed by atoms with Crippen LogP contribution in [0.4, 0.5) is 19.0 Å². The third kappa shape index (κ3) is 3.47. The quantitative estimate of drug-likeness (QED) is 0.705. The summed E-state index contributed by atoms with van der Waals surface area (Å²) in [5.41, 5.74) is 0.938. The first-order valence-electron chi connectivity index (χ1n) is 8.70. The molecule has 0 unspecified atom stereocenters. The molecule has 1 amide bonds. The van der Waals surface area contributed by atoms with E-state index in [1.54, 1.807) is 12.1 Å². The smallest absolute Gasteiger partial charge is 0.410 e. The van der Waals surface area contributed by atoms with Crippen molar-refractivity contribution in [1.82, 2.24) is 15.1 Å². The monoisotopic (exact) mass is 390 g/mol. The van der Waals surface area contributed by atoms with Gasteiger partial charge in [0.15, 0.2) is 6.04 Å². The number of aromatic nitrogens is 2. The fraction of sp³-hybridized carbons (Fsp3) is 0.263. The maximum Gasteiger partial charge on any atom is 0.410 e. The Balaban J connectivity index is 1.61. The normalized spacial score (nSPS) is 19.0. The largest absolute Gasteiger partial charge is 0.467 e. The van der Waals surface area contributed by atoms with Gasteiger partial charge in [-0.1, -0.05) is 30.3 Å². The van der Waals surface area contributed by atoms with Gasteiger partial charge in [0.05, 0.1) is 18.5 Å². The minimum atomic E-state index is -4.51. The van der Waals surface area contributed by atoms with E-state index in [0.717, 1.165) is 16.4 Å². The number of hydrogen-bond donors (Lipinski definition) is 2. The number of benzene rings is 1. The van der Waals surface area contributed by atoms with Crippen molar-refractivity contribution in [3.05, 3.63) is 71.8 Å². The molecule has 2 atom stereocenters. The van der Waals surface area contributed by atoms with Gasteiger partial charge in [-0.15, -0.1) is 0 Å². The molecule has 2 aromatic heterocycles. The summed E-state index contributed by atoms with van der Waals surface area (Å²) in [6, 6.07) is 9.87. The summed E-state index contributed by atoms with van der Waals surface area (Å²) in [6.45, 7) is 0.259. The van der Waals surface area contributed by atoms with Gasteiger partial charge in [-0.2, -0.15) is 18.3 Å². The van der Waals surface area contributed by atoms with Crippen molar-refractivity contribution in [3.8, 4) is 0 Å². The highest BCUT2D eigenvalue weighted by Gasteiger charge is 2.47. The summed E-state index contributed by atoms with van der Waals surface area (Å²) in [5.74, 6) is -0.100. The van der Waals surface area contributed by atoms with Crippen LogP contribution >= 0.6 is 0 Å². The highest BCUT2D eigenvalue weighted by molar-refractivity contribution is 5.98. The topological polar surface area (TPSA) is 72.1 Å². The first-order chi connectivity index (χ1) is 13.4. The molecule has 0 saturated heterocycles. The molecule has 3 heterocycles. The molecule has 1 aliphatic heterocycles. The Bertz CT molecular complexity index is 951. The van der Waals surface area contributed by atoms with Gasteiger partial charge in [-0.05, 0) is 17.7 Å². The number of fused-ring (bicyclic) bond motifs is 1. The van der Waals surface area contributed by atoms with Gasteiger partial charge in [0, 0.05) is 13.0 Å². The van der Waals surface area contributed by atoms with Gasteiger partial charge in [0.1, 0.15) is 17.1 Å². The lowest BCUT2D eigenvalue weighted by atomic mass is 10.0. The van der Waals surface area contributed by atoms with E-state index in [-0.39, 0.29) is 24.3 Å². The maximum atomic E-state index is 13.6. The number of amides is 1. The molecular weight excluding hydrogens is 373 g/mol. The van der Waals surface area contributed by atoms with Gasteiger partial charge >= 0.3 is 6.18 Å². The van der Waals surface area contributed by atoms with Gasteiger partial charge in [-0.3, -0.25) is 4.79 Å². The molecule has 4 rings (SSSR count). The van der Waals surface area contributed by atoms with Crippen molar-refractivity contribution in [2.24, 2.45) is 0 Å². The molecule has 146 valence electrons. The predicted molar refractivity (Wildman–Crippen MR) is 94.6 cm³/mol. The van der Waals surface area contributed by atoms with Gasteiger partial charge < -0.3 is 15.1 Å². The van der Waals surface area contributed by atoms with E-state index in [2.05, 4.69) is 15.7 Å². The Kier molecular flexibility index (Phi) is 4.58. The molecule has 0 aliphatic carbocycles. The summed E-state index contributed by atoms with van der Waals surface area (Å²) >= 11 is 0. The van der Waals surface area contributed by atoms with E-state index in [9.17, 15) is 18.0 Å². The molecule has 9 heteroatoms. The number of rotatable bonds is 4. The van der Waals surface area contributed by atoms with Crippen LogP contribution in [0.2, 0.25) is 0 Å². The zero-order chi connectivity index (χ0) is 19.7. The van der Waals surface area contributed by atoms with Crippen molar-refractivity contribution >= 4 is 11.7 Å². The first kappa shape index (κ1) is 18.1. The molecule has 2 N–H and O–H groups in total. The summed E-state index contributed by atoms with van der Waals surface area (Å²) in [7, 11) is 0. The number of alkyl halides is 3. The highest BCUT2D eigenvalue weighted by Crippen LogP contribution is 2.44. The molecule has 0 radical (unpaired) electrons. The average molecular weight is 390 g/mol. The maximum absolute atomic E-state index is 13.6. The van der Waals surface area contributed by atoms with Gasteiger partial charge in [0.25, 0.3) is 5.91 Å². The molecule has 0 bridgehead atoms. The summed E-state index contributed by atoms with van der Waals surface area (Å²) < 4.78 is 46.9.